The van der Waals surface area contributed by atoms with E-state index in [0.717, 1.165) is 23.9 Å². The molecule has 1 aliphatic heterocycles. The van der Waals surface area contributed by atoms with Crippen LogP contribution in [-0.4, -0.2) is 36.4 Å². The summed E-state index contributed by atoms with van der Waals surface area (Å²) in [7, 11) is 0. The molecule has 0 radical (unpaired) electrons. The van der Waals surface area contributed by atoms with E-state index in [9.17, 15) is 4.79 Å². The van der Waals surface area contributed by atoms with E-state index in [1.54, 1.807) is 12.1 Å². The molecule has 2 rings (SSSR count). The maximum atomic E-state index is 10.7. The van der Waals surface area contributed by atoms with E-state index < -0.39 is 5.97 Å². The Morgan fingerprint density at radius 1 is 1.50 bits per heavy atom. The molecule has 20 heavy (non-hydrogen) atoms. The van der Waals surface area contributed by atoms with E-state index in [4.69, 9.17) is 21.4 Å². The summed E-state index contributed by atoms with van der Waals surface area (Å²) in [4.78, 5) is 12.9. The number of rotatable bonds is 3. The lowest BCUT2D eigenvalue weighted by Crippen LogP contribution is -2.47. The van der Waals surface area contributed by atoms with Crippen molar-refractivity contribution in [3.8, 4) is 0 Å². The van der Waals surface area contributed by atoms with Crippen LogP contribution in [0.2, 0.25) is 5.02 Å². The second kappa shape index (κ2) is 6.29. The standard InChI is InChI=1S/C15H18ClNO3/c1-10-9-20-11(2)8-17(10)14-7-13(16)5-3-12(14)4-6-15(18)19/h3-7,10-11H,8-9H2,1-2H3,(H,18,19)/b6-4+. The van der Waals surface area contributed by atoms with Crippen molar-refractivity contribution in [3.05, 3.63) is 34.9 Å². The number of benzene rings is 1. The predicted octanol–water partition coefficient (Wildman–Crippen LogP) is 3.05. The van der Waals surface area contributed by atoms with Crippen molar-refractivity contribution in [3.63, 3.8) is 0 Å². The molecule has 2 atom stereocenters. The number of carboxylic acid groups (broad SMARTS) is 1. The first-order chi connectivity index (χ1) is 9.47. The summed E-state index contributed by atoms with van der Waals surface area (Å²) in [6.07, 6.45) is 2.88. The first kappa shape index (κ1) is 14.9. The van der Waals surface area contributed by atoms with Crippen LogP contribution in [0.3, 0.4) is 0 Å². The average Bonchev–Trinajstić information content (AvgIpc) is 2.40. The molecule has 1 aromatic rings. The molecule has 1 fully saturated rings. The summed E-state index contributed by atoms with van der Waals surface area (Å²) < 4.78 is 5.62. The number of hydrogen-bond donors (Lipinski definition) is 1. The highest BCUT2D eigenvalue weighted by Crippen LogP contribution is 2.29. The van der Waals surface area contributed by atoms with Gasteiger partial charge < -0.3 is 14.7 Å². The Labute approximate surface area is 123 Å². The number of anilines is 1. The van der Waals surface area contributed by atoms with Gasteiger partial charge in [-0.3, -0.25) is 0 Å². The van der Waals surface area contributed by atoms with Crippen molar-refractivity contribution in [2.45, 2.75) is 26.0 Å². The molecule has 0 aromatic heterocycles. The van der Waals surface area contributed by atoms with E-state index in [1.807, 2.05) is 19.1 Å². The molecule has 0 aliphatic carbocycles. The van der Waals surface area contributed by atoms with Crippen LogP contribution in [0.4, 0.5) is 5.69 Å². The molecule has 1 N–H and O–H groups in total. The second-order valence-corrected chi connectivity index (χ2v) is 5.46. The minimum atomic E-state index is -0.964. The highest BCUT2D eigenvalue weighted by Gasteiger charge is 2.25. The minimum absolute atomic E-state index is 0.140. The van der Waals surface area contributed by atoms with Gasteiger partial charge in [-0.05, 0) is 37.6 Å². The van der Waals surface area contributed by atoms with Crippen molar-refractivity contribution < 1.29 is 14.6 Å². The van der Waals surface area contributed by atoms with E-state index in [0.29, 0.717) is 11.6 Å². The molecule has 1 aromatic carbocycles. The van der Waals surface area contributed by atoms with Gasteiger partial charge in [0.2, 0.25) is 0 Å². The SMILES string of the molecule is CC1CN(c2cc(Cl)ccc2/C=C/C(=O)O)C(C)CO1. The van der Waals surface area contributed by atoms with Gasteiger partial charge >= 0.3 is 5.97 Å². The molecule has 1 aliphatic rings. The summed E-state index contributed by atoms with van der Waals surface area (Å²) >= 11 is 6.08. The van der Waals surface area contributed by atoms with Crippen molar-refractivity contribution in [1.29, 1.82) is 0 Å². The van der Waals surface area contributed by atoms with Gasteiger partial charge in [0.1, 0.15) is 0 Å². The Morgan fingerprint density at radius 3 is 2.95 bits per heavy atom. The Kier molecular flexibility index (Phi) is 4.68. The maximum absolute atomic E-state index is 10.7. The van der Waals surface area contributed by atoms with E-state index in [-0.39, 0.29) is 12.1 Å². The number of halogens is 1. The number of hydrogen-bond acceptors (Lipinski definition) is 3. The number of carbonyl (C=O) groups is 1. The molecular formula is C15H18ClNO3. The maximum Gasteiger partial charge on any atom is 0.328 e. The molecular weight excluding hydrogens is 278 g/mol. The smallest absolute Gasteiger partial charge is 0.328 e. The molecule has 0 bridgehead atoms. The molecule has 0 spiro atoms. The molecule has 1 heterocycles. The fourth-order valence-corrected chi connectivity index (χ4v) is 2.47. The summed E-state index contributed by atoms with van der Waals surface area (Å²) in [6.45, 7) is 5.51. The summed E-state index contributed by atoms with van der Waals surface area (Å²) in [5, 5.41) is 9.42. The van der Waals surface area contributed by atoms with Gasteiger partial charge in [-0.1, -0.05) is 17.7 Å². The van der Waals surface area contributed by atoms with E-state index in [2.05, 4.69) is 11.8 Å². The van der Waals surface area contributed by atoms with Crippen molar-refractivity contribution in [2.75, 3.05) is 18.1 Å². The Balaban J connectivity index is 2.37. The first-order valence-electron chi connectivity index (χ1n) is 6.56. The van der Waals surface area contributed by atoms with Crippen molar-refractivity contribution in [1.82, 2.24) is 0 Å². The van der Waals surface area contributed by atoms with Crippen molar-refractivity contribution in [2.24, 2.45) is 0 Å². The highest BCUT2D eigenvalue weighted by atomic mass is 35.5. The van der Waals surface area contributed by atoms with E-state index >= 15 is 0 Å². The average molecular weight is 296 g/mol. The zero-order valence-electron chi connectivity index (χ0n) is 11.5. The van der Waals surface area contributed by atoms with Crippen LogP contribution in [0.1, 0.15) is 19.4 Å². The zero-order valence-corrected chi connectivity index (χ0v) is 12.3. The predicted molar refractivity (Wildman–Crippen MR) is 80.3 cm³/mol. The molecule has 0 amide bonds. The van der Waals surface area contributed by atoms with Gasteiger partial charge in [-0.25, -0.2) is 4.79 Å². The molecule has 4 nitrogen and oxygen atoms in total. The van der Waals surface area contributed by atoms with Crippen LogP contribution >= 0.6 is 11.6 Å². The molecule has 1 saturated heterocycles. The van der Waals surface area contributed by atoms with Gasteiger partial charge in [0, 0.05) is 29.4 Å². The number of nitrogens with zero attached hydrogens (tertiary/aromatic N) is 1. The zero-order chi connectivity index (χ0) is 14.7. The third-order valence-electron chi connectivity index (χ3n) is 3.32. The van der Waals surface area contributed by atoms with Gasteiger partial charge in [0.05, 0.1) is 12.7 Å². The van der Waals surface area contributed by atoms with Gasteiger partial charge in [-0.2, -0.15) is 0 Å². The van der Waals surface area contributed by atoms with Crippen LogP contribution in [0.15, 0.2) is 24.3 Å². The lowest BCUT2D eigenvalue weighted by atomic mass is 10.1. The van der Waals surface area contributed by atoms with Gasteiger partial charge in [0.15, 0.2) is 0 Å². The fraction of sp³-hybridized carbons (Fsp3) is 0.400. The molecule has 0 saturated carbocycles. The summed E-state index contributed by atoms with van der Waals surface area (Å²) in [5.74, 6) is -0.964. The number of ether oxygens (including phenoxy) is 1. The van der Waals surface area contributed by atoms with Crippen LogP contribution in [0, 0.1) is 0 Å². The van der Waals surface area contributed by atoms with Crippen molar-refractivity contribution >= 4 is 29.3 Å². The quantitative estimate of drug-likeness (QED) is 0.871. The van der Waals surface area contributed by atoms with Gasteiger partial charge in [0.25, 0.3) is 0 Å². The number of aliphatic carboxylic acids is 1. The summed E-state index contributed by atoms with van der Waals surface area (Å²) in [5.41, 5.74) is 1.79. The normalized spacial score (nSPS) is 23.2. The number of carboxylic acids is 1. The molecule has 2 unspecified atom stereocenters. The minimum Gasteiger partial charge on any atom is -0.478 e. The first-order valence-corrected chi connectivity index (χ1v) is 6.94. The Bertz CT molecular complexity index is 530. The fourth-order valence-electron chi connectivity index (χ4n) is 2.31. The third kappa shape index (κ3) is 3.52. The largest absolute Gasteiger partial charge is 0.478 e. The second-order valence-electron chi connectivity index (χ2n) is 5.02. The molecule has 5 heteroatoms. The van der Waals surface area contributed by atoms with Crippen LogP contribution in [0.5, 0.6) is 0 Å². The van der Waals surface area contributed by atoms with Crippen LogP contribution < -0.4 is 4.90 Å². The summed E-state index contributed by atoms with van der Waals surface area (Å²) in [6, 6.07) is 5.70. The Morgan fingerprint density at radius 2 is 2.25 bits per heavy atom. The van der Waals surface area contributed by atoms with E-state index in [1.165, 1.54) is 0 Å². The third-order valence-corrected chi connectivity index (χ3v) is 3.55. The monoisotopic (exact) mass is 295 g/mol. The lowest BCUT2D eigenvalue weighted by Gasteiger charge is -2.39. The van der Waals surface area contributed by atoms with Gasteiger partial charge in [-0.15, -0.1) is 0 Å². The van der Waals surface area contributed by atoms with Crippen LogP contribution in [-0.2, 0) is 9.53 Å². The highest BCUT2D eigenvalue weighted by molar-refractivity contribution is 6.31. The van der Waals surface area contributed by atoms with Crippen LogP contribution in [0.25, 0.3) is 6.08 Å². The Hall–Kier alpha value is -1.52. The lowest BCUT2D eigenvalue weighted by molar-refractivity contribution is -0.131. The molecule has 108 valence electrons. The topological polar surface area (TPSA) is 49.8 Å². The number of morpholine rings is 1.